The molecule has 0 atom stereocenters. The van der Waals surface area contributed by atoms with Crippen LogP contribution in [0.3, 0.4) is 0 Å². The number of benzene rings is 1. The molecule has 0 aliphatic carbocycles. The predicted molar refractivity (Wildman–Crippen MR) is 95.8 cm³/mol. The van der Waals surface area contributed by atoms with Crippen LogP contribution in [0.15, 0.2) is 52.5 Å². The molecule has 3 rings (SSSR count). The van der Waals surface area contributed by atoms with Gasteiger partial charge < -0.3 is 9.73 Å². The fourth-order valence-electron chi connectivity index (χ4n) is 2.05. The highest BCUT2D eigenvalue weighted by Crippen LogP contribution is 2.25. The Morgan fingerprint density at radius 2 is 2.17 bits per heavy atom. The Morgan fingerprint density at radius 3 is 2.96 bits per heavy atom. The number of aryl methyl sites for hydroxylation is 1. The van der Waals surface area contributed by atoms with Crippen molar-refractivity contribution in [3.63, 3.8) is 0 Å². The minimum absolute atomic E-state index is 0.0380. The molecule has 0 aliphatic rings. The first kappa shape index (κ1) is 15.8. The van der Waals surface area contributed by atoms with Crippen molar-refractivity contribution in [3.8, 4) is 11.5 Å². The third-order valence-corrected chi connectivity index (χ3v) is 5.02. The zero-order valence-corrected chi connectivity index (χ0v) is 14.2. The van der Waals surface area contributed by atoms with Gasteiger partial charge in [-0.15, -0.1) is 23.1 Å². The first-order chi connectivity index (χ1) is 11.2. The van der Waals surface area contributed by atoms with E-state index in [-0.39, 0.29) is 5.91 Å². The number of hydrogen-bond acceptors (Lipinski definition) is 5. The Hall–Kier alpha value is -2.05. The molecule has 3 aromatic rings. The highest BCUT2D eigenvalue weighted by atomic mass is 32.2. The fraction of sp³-hybridized carbons (Fsp3) is 0.176. The second-order valence-electron chi connectivity index (χ2n) is 4.98. The van der Waals surface area contributed by atoms with Gasteiger partial charge in [0.1, 0.15) is 5.69 Å². The molecule has 0 unspecified atom stereocenters. The van der Waals surface area contributed by atoms with Crippen LogP contribution < -0.4 is 5.32 Å². The van der Waals surface area contributed by atoms with E-state index in [1.807, 2.05) is 29.6 Å². The minimum atomic E-state index is -0.0380. The van der Waals surface area contributed by atoms with Crippen molar-refractivity contribution in [3.05, 3.63) is 59.2 Å². The van der Waals surface area contributed by atoms with Crippen molar-refractivity contribution in [2.24, 2.45) is 0 Å². The summed E-state index contributed by atoms with van der Waals surface area (Å²) in [6.45, 7) is 2.09. The van der Waals surface area contributed by atoms with E-state index in [4.69, 9.17) is 4.42 Å². The first-order valence-corrected chi connectivity index (χ1v) is 9.17. The van der Waals surface area contributed by atoms with E-state index in [9.17, 15) is 4.79 Å². The SMILES string of the molecule is Cc1ccccc1CSCC(=O)Nc1nc(-c2ccco2)cs1. The average Bonchev–Trinajstić information content (AvgIpc) is 3.20. The number of rotatable bonds is 6. The summed E-state index contributed by atoms with van der Waals surface area (Å²) in [4.78, 5) is 16.4. The average molecular weight is 344 g/mol. The number of thioether (sulfide) groups is 1. The van der Waals surface area contributed by atoms with Crippen LogP contribution in [0.5, 0.6) is 0 Å². The van der Waals surface area contributed by atoms with Gasteiger partial charge >= 0.3 is 0 Å². The number of furan rings is 1. The molecule has 0 saturated heterocycles. The number of anilines is 1. The molecule has 1 amide bonds. The molecule has 2 aromatic heterocycles. The summed E-state index contributed by atoms with van der Waals surface area (Å²) < 4.78 is 5.29. The number of nitrogens with zero attached hydrogens (tertiary/aromatic N) is 1. The summed E-state index contributed by atoms with van der Waals surface area (Å²) in [6, 6.07) is 11.9. The maximum Gasteiger partial charge on any atom is 0.236 e. The molecule has 0 radical (unpaired) electrons. The Balaban J connectivity index is 1.49. The van der Waals surface area contributed by atoms with E-state index in [0.717, 1.165) is 11.4 Å². The monoisotopic (exact) mass is 344 g/mol. The normalized spacial score (nSPS) is 10.7. The van der Waals surface area contributed by atoms with Crippen LogP contribution in [0.25, 0.3) is 11.5 Å². The fourth-order valence-corrected chi connectivity index (χ4v) is 3.67. The lowest BCUT2D eigenvalue weighted by Crippen LogP contribution is -2.14. The smallest absolute Gasteiger partial charge is 0.236 e. The van der Waals surface area contributed by atoms with Gasteiger partial charge in [-0.05, 0) is 30.2 Å². The molecule has 1 aromatic carbocycles. The Morgan fingerprint density at radius 1 is 1.30 bits per heavy atom. The molecule has 118 valence electrons. The second kappa shape index (κ2) is 7.48. The summed E-state index contributed by atoms with van der Waals surface area (Å²) in [6.07, 6.45) is 1.61. The van der Waals surface area contributed by atoms with Gasteiger partial charge in [0.15, 0.2) is 10.9 Å². The second-order valence-corrected chi connectivity index (χ2v) is 6.83. The van der Waals surface area contributed by atoms with Crippen LogP contribution in [-0.2, 0) is 10.5 Å². The topological polar surface area (TPSA) is 55.1 Å². The van der Waals surface area contributed by atoms with Gasteiger partial charge in [0.2, 0.25) is 5.91 Å². The first-order valence-electron chi connectivity index (χ1n) is 7.14. The number of nitrogens with one attached hydrogen (secondary N) is 1. The Kier molecular flexibility index (Phi) is 5.15. The quantitative estimate of drug-likeness (QED) is 0.711. The zero-order valence-electron chi connectivity index (χ0n) is 12.6. The predicted octanol–water partition coefficient (Wildman–Crippen LogP) is 4.58. The van der Waals surface area contributed by atoms with Gasteiger partial charge in [-0.3, -0.25) is 4.79 Å². The van der Waals surface area contributed by atoms with Crippen molar-refractivity contribution < 1.29 is 9.21 Å². The maximum atomic E-state index is 12.0. The summed E-state index contributed by atoms with van der Waals surface area (Å²) in [5.74, 6) is 1.90. The van der Waals surface area contributed by atoms with Crippen LogP contribution in [0.2, 0.25) is 0 Å². The van der Waals surface area contributed by atoms with Crippen molar-refractivity contribution in [2.45, 2.75) is 12.7 Å². The summed E-state index contributed by atoms with van der Waals surface area (Å²) in [7, 11) is 0. The van der Waals surface area contributed by atoms with Crippen molar-refractivity contribution >= 4 is 34.1 Å². The number of thiazole rings is 1. The lowest BCUT2D eigenvalue weighted by Gasteiger charge is -2.05. The van der Waals surface area contributed by atoms with Crippen molar-refractivity contribution in [1.82, 2.24) is 4.98 Å². The van der Waals surface area contributed by atoms with Crippen molar-refractivity contribution in [1.29, 1.82) is 0 Å². The molecule has 2 heterocycles. The summed E-state index contributed by atoms with van der Waals surface area (Å²) in [5.41, 5.74) is 3.26. The van der Waals surface area contributed by atoms with Crippen LogP contribution in [0.1, 0.15) is 11.1 Å². The summed E-state index contributed by atoms with van der Waals surface area (Å²) in [5, 5.41) is 5.30. The molecule has 0 spiro atoms. The molecule has 0 bridgehead atoms. The van der Waals surface area contributed by atoms with E-state index in [1.165, 1.54) is 22.5 Å². The maximum absolute atomic E-state index is 12.0. The van der Waals surface area contributed by atoms with E-state index in [1.54, 1.807) is 18.0 Å². The molecule has 1 N–H and O–H groups in total. The Bertz CT molecular complexity index is 782. The van der Waals surface area contributed by atoms with Gasteiger partial charge in [-0.1, -0.05) is 24.3 Å². The van der Waals surface area contributed by atoms with E-state index in [2.05, 4.69) is 29.4 Å². The van der Waals surface area contributed by atoms with Gasteiger partial charge in [-0.2, -0.15) is 0 Å². The third-order valence-electron chi connectivity index (χ3n) is 3.28. The molecule has 0 fully saturated rings. The molecule has 0 saturated carbocycles. The molecule has 6 heteroatoms. The Labute approximate surface area is 142 Å². The van der Waals surface area contributed by atoms with E-state index < -0.39 is 0 Å². The van der Waals surface area contributed by atoms with Crippen molar-refractivity contribution in [2.75, 3.05) is 11.1 Å². The molecule has 0 aliphatic heterocycles. The van der Waals surface area contributed by atoms with Crippen LogP contribution >= 0.6 is 23.1 Å². The lowest BCUT2D eigenvalue weighted by molar-refractivity contribution is -0.113. The molecular weight excluding hydrogens is 328 g/mol. The number of carbonyl (C=O) groups is 1. The number of carbonyl (C=O) groups excluding carboxylic acids is 1. The molecule has 4 nitrogen and oxygen atoms in total. The number of hydrogen-bond donors (Lipinski definition) is 1. The number of amides is 1. The standard InChI is InChI=1S/C17H16N2O2S2/c1-12-5-2-3-6-13(12)9-22-11-16(20)19-17-18-14(10-23-17)15-7-4-8-21-15/h2-8,10H,9,11H2,1H3,(H,18,19,20). The zero-order chi connectivity index (χ0) is 16.1. The highest BCUT2D eigenvalue weighted by Gasteiger charge is 2.10. The van der Waals surface area contributed by atoms with E-state index >= 15 is 0 Å². The summed E-state index contributed by atoms with van der Waals surface area (Å²) >= 11 is 2.99. The largest absolute Gasteiger partial charge is 0.463 e. The molecular formula is C17H16N2O2S2. The highest BCUT2D eigenvalue weighted by molar-refractivity contribution is 7.99. The van der Waals surface area contributed by atoms with Gasteiger partial charge in [-0.25, -0.2) is 4.98 Å². The number of aromatic nitrogens is 1. The molecule has 23 heavy (non-hydrogen) atoms. The minimum Gasteiger partial charge on any atom is -0.463 e. The van der Waals surface area contributed by atoms with Crippen LogP contribution in [-0.4, -0.2) is 16.6 Å². The van der Waals surface area contributed by atoms with Gasteiger partial charge in [0.05, 0.1) is 12.0 Å². The van der Waals surface area contributed by atoms with Crippen LogP contribution in [0, 0.1) is 6.92 Å². The van der Waals surface area contributed by atoms with Gasteiger partial charge in [0.25, 0.3) is 0 Å². The lowest BCUT2D eigenvalue weighted by atomic mass is 10.1. The van der Waals surface area contributed by atoms with Crippen LogP contribution in [0.4, 0.5) is 5.13 Å². The van der Waals surface area contributed by atoms with E-state index in [0.29, 0.717) is 16.6 Å². The van der Waals surface area contributed by atoms with Gasteiger partial charge in [0, 0.05) is 11.1 Å². The third kappa shape index (κ3) is 4.24.